The van der Waals surface area contributed by atoms with E-state index in [-0.39, 0.29) is 22.1 Å². The van der Waals surface area contributed by atoms with E-state index in [4.69, 9.17) is 4.74 Å². The number of ether oxygens (including phenoxy) is 1. The molecule has 0 atom stereocenters. The lowest BCUT2D eigenvalue weighted by Gasteiger charge is -2.19. The topological polar surface area (TPSA) is 112 Å². The molecule has 0 saturated heterocycles. The van der Waals surface area contributed by atoms with Crippen LogP contribution < -0.4 is 4.74 Å². The average Bonchev–Trinajstić information content (AvgIpc) is 2.62. The first-order valence-electron chi connectivity index (χ1n) is 8.68. The summed E-state index contributed by atoms with van der Waals surface area (Å²) in [4.78, 5) is -0.242. The van der Waals surface area contributed by atoms with Crippen LogP contribution in [0.4, 0.5) is 0 Å². The third kappa shape index (κ3) is 3.52. The average molecular weight is 483 g/mol. The molecule has 4 aromatic carbocycles. The Morgan fingerprint density at radius 3 is 1.26 bits per heavy atom. The third-order valence-electron chi connectivity index (χ3n) is 5.17. The summed E-state index contributed by atoms with van der Waals surface area (Å²) in [6, 6.07) is 8.91. The van der Waals surface area contributed by atoms with Crippen molar-refractivity contribution >= 4 is 61.8 Å². The fraction of sp³-hybridized carbons (Fsp3) is 0.238. The first-order valence-corrected chi connectivity index (χ1v) is 14.3. The summed E-state index contributed by atoms with van der Waals surface area (Å²) in [6.45, 7) is 0. The first-order chi connectivity index (χ1) is 13.7. The Labute approximate surface area is 181 Å². The van der Waals surface area contributed by atoms with E-state index in [1.807, 2.05) is 0 Å². The Balaban J connectivity index is 0.00000272. The molecule has 4 aromatic rings. The second kappa shape index (κ2) is 7.04. The second-order valence-electron chi connectivity index (χ2n) is 7.34. The highest BCUT2D eigenvalue weighted by Crippen LogP contribution is 2.45. The minimum absolute atomic E-state index is 0. The lowest BCUT2D eigenvalue weighted by Crippen LogP contribution is -2.06. The van der Waals surface area contributed by atoms with Crippen LogP contribution in [0.5, 0.6) is 5.75 Å². The Morgan fingerprint density at radius 1 is 0.581 bits per heavy atom. The molecule has 0 fully saturated rings. The van der Waals surface area contributed by atoms with E-state index in [1.165, 1.54) is 25.3 Å². The molecule has 0 amide bonds. The normalized spacial score (nSPS) is 13.0. The molecule has 0 heterocycles. The number of methoxy groups -OCH3 is 1. The maximum atomic E-state index is 12.5. The van der Waals surface area contributed by atoms with E-state index in [9.17, 15) is 25.3 Å². The van der Waals surface area contributed by atoms with Crippen molar-refractivity contribution in [3.05, 3.63) is 36.4 Å². The van der Waals surface area contributed by atoms with Gasteiger partial charge >= 0.3 is 0 Å². The van der Waals surface area contributed by atoms with Gasteiger partial charge in [-0.3, -0.25) is 0 Å². The standard InChI is InChI=1S/C20H18O7S3.CH4/c1-27-15-9-16(28(2,21)22)12-7-8-14-18(30(4,25)26)10-17(29(3,23)24)13-6-5-11(15)19(12)20(13)14;/h5-10H,1-4H3;1H4. The molecule has 31 heavy (non-hydrogen) atoms. The van der Waals surface area contributed by atoms with Gasteiger partial charge in [0.05, 0.1) is 21.8 Å². The summed E-state index contributed by atoms with van der Waals surface area (Å²) in [5, 5.41) is 2.40. The summed E-state index contributed by atoms with van der Waals surface area (Å²) in [5.41, 5.74) is 0. The van der Waals surface area contributed by atoms with Crippen molar-refractivity contribution in [2.75, 3.05) is 25.9 Å². The van der Waals surface area contributed by atoms with Gasteiger partial charge in [-0.25, -0.2) is 25.3 Å². The van der Waals surface area contributed by atoms with Crippen molar-refractivity contribution in [3.8, 4) is 5.75 Å². The number of benzene rings is 4. The molecule has 0 unspecified atom stereocenters. The summed E-state index contributed by atoms with van der Waals surface area (Å²) < 4.78 is 80.3. The zero-order valence-electron chi connectivity index (χ0n) is 16.5. The maximum Gasteiger partial charge on any atom is 0.176 e. The molecule has 0 aliphatic carbocycles. The van der Waals surface area contributed by atoms with Gasteiger partial charge in [-0.2, -0.15) is 0 Å². The van der Waals surface area contributed by atoms with E-state index in [2.05, 4.69) is 0 Å². The molecule has 0 aliphatic rings. The highest BCUT2D eigenvalue weighted by atomic mass is 32.2. The van der Waals surface area contributed by atoms with E-state index < -0.39 is 29.5 Å². The van der Waals surface area contributed by atoms with E-state index in [1.54, 1.807) is 18.2 Å². The highest BCUT2D eigenvalue weighted by molar-refractivity contribution is 7.92. The van der Waals surface area contributed by atoms with Crippen LogP contribution in [0.15, 0.2) is 51.1 Å². The molecule has 0 saturated carbocycles. The Bertz CT molecular complexity index is 1630. The van der Waals surface area contributed by atoms with Gasteiger partial charge in [0.15, 0.2) is 29.5 Å². The second-order valence-corrected chi connectivity index (χ2v) is 13.3. The molecule has 166 valence electrons. The van der Waals surface area contributed by atoms with Gasteiger partial charge in [0.25, 0.3) is 0 Å². The molecule has 7 nitrogen and oxygen atoms in total. The molecule has 10 heteroatoms. The van der Waals surface area contributed by atoms with Gasteiger partial charge in [-0.15, -0.1) is 0 Å². The zero-order valence-corrected chi connectivity index (χ0v) is 19.0. The van der Waals surface area contributed by atoms with Gasteiger partial charge in [0, 0.05) is 57.2 Å². The number of hydrogen-bond acceptors (Lipinski definition) is 7. The van der Waals surface area contributed by atoms with Crippen LogP contribution in [-0.4, -0.2) is 51.1 Å². The van der Waals surface area contributed by atoms with Crippen LogP contribution in [0.25, 0.3) is 32.3 Å². The fourth-order valence-electron chi connectivity index (χ4n) is 3.96. The number of hydrogen-bond donors (Lipinski definition) is 0. The summed E-state index contributed by atoms with van der Waals surface area (Å²) >= 11 is 0. The lowest BCUT2D eigenvalue weighted by atomic mass is 9.93. The van der Waals surface area contributed by atoms with Crippen molar-refractivity contribution in [1.29, 1.82) is 0 Å². The summed E-state index contributed by atoms with van der Waals surface area (Å²) in [5.74, 6) is 0.294. The molecule has 0 aliphatic heterocycles. The van der Waals surface area contributed by atoms with E-state index in [0.717, 1.165) is 18.8 Å². The molecule has 0 aromatic heterocycles. The minimum atomic E-state index is -3.78. The monoisotopic (exact) mass is 482 g/mol. The van der Waals surface area contributed by atoms with E-state index >= 15 is 0 Å². The fourth-order valence-corrected chi connectivity index (χ4v) is 6.72. The van der Waals surface area contributed by atoms with Crippen molar-refractivity contribution in [1.82, 2.24) is 0 Å². The Hall–Kier alpha value is -2.43. The predicted octanol–water partition coefficient (Wildman–Crippen LogP) is 3.44. The van der Waals surface area contributed by atoms with Gasteiger partial charge in [-0.05, 0) is 12.1 Å². The van der Waals surface area contributed by atoms with Crippen molar-refractivity contribution in [2.24, 2.45) is 0 Å². The van der Waals surface area contributed by atoms with Gasteiger partial charge in [-0.1, -0.05) is 25.6 Å². The maximum absolute atomic E-state index is 12.5. The quantitative estimate of drug-likeness (QED) is 0.410. The predicted molar refractivity (Wildman–Crippen MR) is 123 cm³/mol. The molecule has 0 bridgehead atoms. The molecule has 0 radical (unpaired) electrons. The van der Waals surface area contributed by atoms with Crippen LogP contribution in [-0.2, 0) is 29.5 Å². The van der Waals surface area contributed by atoms with Crippen LogP contribution in [0.1, 0.15) is 7.43 Å². The largest absolute Gasteiger partial charge is 0.496 e. The SMILES string of the molecule is C.COc1cc(S(C)(=O)=O)c2ccc3c(S(C)(=O)=O)cc(S(C)(=O)=O)c4ccc1c2c43. The zero-order chi connectivity index (χ0) is 22.2. The van der Waals surface area contributed by atoms with Crippen molar-refractivity contribution in [3.63, 3.8) is 0 Å². The van der Waals surface area contributed by atoms with Gasteiger partial charge in [0.1, 0.15) is 5.75 Å². The van der Waals surface area contributed by atoms with Crippen LogP contribution >= 0.6 is 0 Å². The number of sulfone groups is 3. The molecule has 4 rings (SSSR count). The lowest BCUT2D eigenvalue weighted by molar-refractivity contribution is 0.419. The van der Waals surface area contributed by atoms with Crippen LogP contribution in [0.2, 0.25) is 0 Å². The summed E-state index contributed by atoms with van der Waals surface area (Å²) in [6.07, 6.45) is 3.09. The highest BCUT2D eigenvalue weighted by Gasteiger charge is 2.26. The molecule has 0 N–H and O–H groups in total. The minimum Gasteiger partial charge on any atom is -0.496 e. The first kappa shape index (κ1) is 23.2. The third-order valence-corrected chi connectivity index (χ3v) is 8.58. The Morgan fingerprint density at radius 2 is 0.903 bits per heavy atom. The van der Waals surface area contributed by atoms with Crippen LogP contribution in [0, 0.1) is 0 Å². The van der Waals surface area contributed by atoms with Gasteiger partial charge in [0.2, 0.25) is 0 Å². The van der Waals surface area contributed by atoms with Crippen LogP contribution in [0.3, 0.4) is 0 Å². The summed E-state index contributed by atoms with van der Waals surface area (Å²) in [7, 11) is -9.81. The van der Waals surface area contributed by atoms with E-state index in [0.29, 0.717) is 38.1 Å². The number of rotatable bonds is 4. The Kier molecular flexibility index (Phi) is 5.28. The van der Waals surface area contributed by atoms with Crippen molar-refractivity contribution in [2.45, 2.75) is 22.1 Å². The van der Waals surface area contributed by atoms with Crippen molar-refractivity contribution < 1.29 is 30.0 Å². The molecular weight excluding hydrogens is 460 g/mol. The molecule has 0 spiro atoms. The smallest absolute Gasteiger partial charge is 0.176 e. The van der Waals surface area contributed by atoms with Gasteiger partial charge < -0.3 is 4.74 Å². The molecular formula is C21H22O7S3.